The van der Waals surface area contributed by atoms with Gasteiger partial charge in [-0.15, -0.1) is 0 Å². The summed E-state index contributed by atoms with van der Waals surface area (Å²) in [5, 5.41) is 0.626. The summed E-state index contributed by atoms with van der Waals surface area (Å²) in [7, 11) is 0. The molecule has 0 amide bonds. The smallest absolute Gasteiger partial charge is 0.433 e. The van der Waals surface area contributed by atoms with Gasteiger partial charge in [0.2, 0.25) is 5.88 Å². The van der Waals surface area contributed by atoms with Crippen molar-refractivity contribution in [2.45, 2.75) is 6.18 Å². The molecule has 0 unspecified atom stereocenters. The van der Waals surface area contributed by atoms with E-state index in [4.69, 9.17) is 16.3 Å². The minimum Gasteiger partial charge on any atom is -0.439 e. The molecule has 0 bridgehead atoms. The van der Waals surface area contributed by atoms with Gasteiger partial charge in [-0.3, -0.25) is 4.98 Å². The molecule has 5 rings (SSSR count). The van der Waals surface area contributed by atoms with Crippen LogP contribution in [0.5, 0.6) is 11.6 Å². The molecule has 0 spiro atoms. The van der Waals surface area contributed by atoms with Crippen molar-refractivity contribution < 1.29 is 17.9 Å². The fourth-order valence-corrected chi connectivity index (χ4v) is 3.80. The van der Waals surface area contributed by atoms with E-state index in [0.29, 0.717) is 11.3 Å². The van der Waals surface area contributed by atoms with Gasteiger partial charge < -0.3 is 4.74 Å². The van der Waals surface area contributed by atoms with Crippen molar-refractivity contribution in [2.75, 3.05) is 0 Å². The van der Waals surface area contributed by atoms with Gasteiger partial charge in [0.15, 0.2) is 0 Å². The highest BCUT2D eigenvalue weighted by Crippen LogP contribution is 2.40. The van der Waals surface area contributed by atoms with Gasteiger partial charge >= 0.3 is 6.18 Å². The lowest BCUT2D eigenvalue weighted by molar-refractivity contribution is -0.141. The molecule has 0 fully saturated rings. The summed E-state index contributed by atoms with van der Waals surface area (Å²) >= 11 is 6.28. The van der Waals surface area contributed by atoms with Crippen molar-refractivity contribution in [3.05, 3.63) is 96.2 Å². The lowest BCUT2D eigenvalue weighted by Crippen LogP contribution is -2.09. The van der Waals surface area contributed by atoms with Crippen LogP contribution in [0.15, 0.2) is 85.3 Å². The molecular formula is C25H14ClF3N4O. The molecule has 34 heavy (non-hydrogen) atoms. The standard InChI is InChI=1S/C25H14ClF3N4O/c26-24-23(18(15-5-2-1-3-6-15)12-21(33-24)25(27,28)29)20-13-22(32-14-31-20)34-17-9-8-16-7-4-10-30-19(16)11-17/h1-14H. The topological polar surface area (TPSA) is 60.8 Å². The third kappa shape index (κ3) is 4.40. The van der Waals surface area contributed by atoms with E-state index >= 15 is 0 Å². The maximum atomic E-state index is 13.4. The Balaban J connectivity index is 1.59. The summed E-state index contributed by atoms with van der Waals surface area (Å²) in [5.74, 6) is 0.686. The van der Waals surface area contributed by atoms with Crippen LogP contribution in [0, 0.1) is 0 Å². The van der Waals surface area contributed by atoms with Gasteiger partial charge in [0.25, 0.3) is 0 Å². The van der Waals surface area contributed by atoms with Crippen LogP contribution in [-0.4, -0.2) is 19.9 Å². The van der Waals surface area contributed by atoms with Gasteiger partial charge in [-0.1, -0.05) is 48.0 Å². The summed E-state index contributed by atoms with van der Waals surface area (Å²) in [6, 6.07) is 20.2. The Labute approximate surface area is 196 Å². The molecule has 0 aliphatic heterocycles. The van der Waals surface area contributed by atoms with Gasteiger partial charge in [-0.05, 0) is 35.4 Å². The van der Waals surface area contributed by atoms with E-state index in [2.05, 4.69) is 19.9 Å². The predicted octanol–water partition coefficient (Wildman–Crippen LogP) is 7.22. The van der Waals surface area contributed by atoms with Crippen LogP contribution in [0.3, 0.4) is 0 Å². The van der Waals surface area contributed by atoms with Crippen LogP contribution in [0.1, 0.15) is 5.69 Å². The number of ether oxygens (including phenoxy) is 1. The quantitative estimate of drug-likeness (QED) is 0.255. The summed E-state index contributed by atoms with van der Waals surface area (Å²) in [5.41, 5.74) is 0.952. The lowest BCUT2D eigenvalue weighted by Gasteiger charge is -2.15. The van der Waals surface area contributed by atoms with Crippen LogP contribution in [0.25, 0.3) is 33.3 Å². The van der Waals surface area contributed by atoms with E-state index in [1.807, 2.05) is 18.2 Å². The normalized spacial score (nSPS) is 11.5. The average Bonchev–Trinajstić information content (AvgIpc) is 2.83. The predicted molar refractivity (Wildman–Crippen MR) is 123 cm³/mol. The average molecular weight is 479 g/mol. The molecule has 3 heterocycles. The van der Waals surface area contributed by atoms with Crippen LogP contribution >= 0.6 is 11.6 Å². The molecule has 2 aromatic carbocycles. The largest absolute Gasteiger partial charge is 0.439 e. The SMILES string of the molecule is FC(F)(F)c1cc(-c2ccccc2)c(-c2cc(Oc3ccc4cccnc4c3)ncn2)c(Cl)n1. The number of fused-ring (bicyclic) bond motifs is 1. The Morgan fingerprint density at radius 2 is 1.65 bits per heavy atom. The zero-order chi connectivity index (χ0) is 23.7. The Morgan fingerprint density at radius 1 is 0.824 bits per heavy atom. The third-order valence-corrected chi connectivity index (χ3v) is 5.32. The molecule has 168 valence electrons. The van der Waals surface area contributed by atoms with Gasteiger partial charge in [0, 0.05) is 29.3 Å². The molecule has 0 aliphatic carbocycles. The molecule has 0 atom stereocenters. The Morgan fingerprint density at radius 3 is 2.44 bits per heavy atom. The number of hydrogen-bond donors (Lipinski definition) is 0. The number of nitrogens with zero attached hydrogens (tertiary/aromatic N) is 4. The Kier molecular flexibility index (Phi) is 5.59. The fourth-order valence-electron chi connectivity index (χ4n) is 3.51. The number of hydrogen-bond acceptors (Lipinski definition) is 5. The van der Waals surface area contributed by atoms with E-state index in [-0.39, 0.29) is 27.9 Å². The molecule has 0 N–H and O–H groups in total. The summed E-state index contributed by atoms with van der Waals surface area (Å²) in [4.78, 5) is 16.3. The van der Waals surface area contributed by atoms with E-state index in [0.717, 1.165) is 17.0 Å². The third-order valence-electron chi connectivity index (χ3n) is 5.05. The molecule has 5 nitrogen and oxygen atoms in total. The second-order valence-electron chi connectivity index (χ2n) is 7.29. The van der Waals surface area contributed by atoms with Crippen molar-refractivity contribution >= 4 is 22.5 Å². The molecule has 5 aromatic rings. The van der Waals surface area contributed by atoms with Crippen molar-refractivity contribution in [1.29, 1.82) is 0 Å². The second kappa shape index (κ2) is 8.72. The number of alkyl halides is 3. The first-order chi connectivity index (χ1) is 16.4. The van der Waals surface area contributed by atoms with Gasteiger partial charge in [-0.2, -0.15) is 13.2 Å². The van der Waals surface area contributed by atoms with E-state index < -0.39 is 11.9 Å². The molecule has 9 heteroatoms. The van der Waals surface area contributed by atoms with Crippen molar-refractivity contribution in [2.24, 2.45) is 0 Å². The highest BCUT2D eigenvalue weighted by atomic mass is 35.5. The monoisotopic (exact) mass is 478 g/mol. The number of pyridine rings is 2. The van der Waals surface area contributed by atoms with Crippen LogP contribution in [0.4, 0.5) is 13.2 Å². The van der Waals surface area contributed by atoms with Crippen LogP contribution in [0.2, 0.25) is 5.15 Å². The van der Waals surface area contributed by atoms with Crippen molar-refractivity contribution in [1.82, 2.24) is 19.9 Å². The molecule has 0 saturated carbocycles. The molecule has 3 aromatic heterocycles. The first kappa shape index (κ1) is 21.8. The first-order valence-corrected chi connectivity index (χ1v) is 10.4. The van der Waals surface area contributed by atoms with Crippen LogP contribution < -0.4 is 4.74 Å². The number of benzene rings is 2. The van der Waals surface area contributed by atoms with Crippen molar-refractivity contribution in [3.8, 4) is 34.0 Å². The summed E-state index contributed by atoms with van der Waals surface area (Å²) in [6.45, 7) is 0. The highest BCUT2D eigenvalue weighted by Gasteiger charge is 2.34. The first-order valence-electron chi connectivity index (χ1n) is 10.1. The van der Waals surface area contributed by atoms with Gasteiger partial charge in [0.05, 0.1) is 11.2 Å². The zero-order valence-corrected chi connectivity index (χ0v) is 18.0. The number of aromatic nitrogens is 4. The fraction of sp³-hybridized carbons (Fsp3) is 0.0400. The van der Waals surface area contributed by atoms with Crippen LogP contribution in [-0.2, 0) is 6.18 Å². The number of rotatable bonds is 4. The lowest BCUT2D eigenvalue weighted by atomic mass is 9.98. The zero-order valence-electron chi connectivity index (χ0n) is 17.3. The summed E-state index contributed by atoms with van der Waals surface area (Å²) < 4.78 is 46.2. The maximum Gasteiger partial charge on any atom is 0.433 e. The number of halogens is 4. The Hall–Kier alpha value is -4.04. The molecule has 0 aliphatic rings. The van der Waals surface area contributed by atoms with Crippen molar-refractivity contribution in [3.63, 3.8) is 0 Å². The Bertz CT molecular complexity index is 1490. The van der Waals surface area contributed by atoms with Gasteiger partial charge in [-0.25, -0.2) is 15.0 Å². The molecule has 0 saturated heterocycles. The van der Waals surface area contributed by atoms with E-state index in [1.165, 1.54) is 12.4 Å². The maximum absolute atomic E-state index is 13.4. The second-order valence-corrected chi connectivity index (χ2v) is 7.64. The summed E-state index contributed by atoms with van der Waals surface area (Å²) in [6.07, 6.45) is -1.72. The molecule has 0 radical (unpaired) electrons. The van der Waals surface area contributed by atoms with Gasteiger partial charge in [0.1, 0.15) is 22.9 Å². The van der Waals surface area contributed by atoms with E-state index in [1.54, 1.807) is 48.7 Å². The minimum atomic E-state index is -4.66. The molecular weight excluding hydrogens is 465 g/mol. The highest BCUT2D eigenvalue weighted by molar-refractivity contribution is 6.32. The minimum absolute atomic E-state index is 0.190. The van der Waals surface area contributed by atoms with E-state index in [9.17, 15) is 13.2 Å².